The first-order chi connectivity index (χ1) is 11.2. The van der Waals surface area contributed by atoms with E-state index in [1.165, 1.54) is 3.97 Å². The van der Waals surface area contributed by atoms with Crippen molar-refractivity contribution >= 4 is 43.1 Å². The van der Waals surface area contributed by atoms with Crippen LogP contribution in [0.15, 0.2) is 46.6 Å². The van der Waals surface area contributed by atoms with Crippen LogP contribution in [-0.4, -0.2) is 23.4 Å². The van der Waals surface area contributed by atoms with Crippen LogP contribution in [0.5, 0.6) is 0 Å². The number of rotatable bonds is 3. The minimum atomic E-state index is -3.70. The predicted octanol–water partition coefficient (Wildman–Crippen LogP) is 4.33. The van der Waals surface area contributed by atoms with E-state index in [-0.39, 0.29) is 0 Å². The van der Waals surface area contributed by atoms with Crippen LogP contribution < -0.4 is 0 Å². The van der Waals surface area contributed by atoms with Crippen LogP contribution in [0.4, 0.5) is 0 Å². The molecule has 0 spiro atoms. The fourth-order valence-corrected chi connectivity index (χ4v) is 6.27. The number of fused-ring (bicyclic) bond motifs is 1. The first kappa shape index (κ1) is 17.2. The van der Waals surface area contributed by atoms with Gasteiger partial charge in [0.1, 0.15) is 4.75 Å². The second-order valence-electron chi connectivity index (χ2n) is 6.44. The standard InChI is InChI=1S/C18H18BrNO3S/c1-12-8-15(19)10-18(3,9-12)24(22,23)20-7-6-16-14(11-21)5-4-13(2)17(16)20/h4-9,11H,10H2,1-3H3. The number of hydrogen-bond acceptors (Lipinski definition) is 3. The van der Waals surface area contributed by atoms with Crippen LogP contribution >= 0.6 is 15.9 Å². The predicted molar refractivity (Wildman–Crippen MR) is 100 cm³/mol. The molecule has 0 bridgehead atoms. The molecule has 1 aromatic carbocycles. The van der Waals surface area contributed by atoms with E-state index < -0.39 is 14.8 Å². The Balaban J connectivity index is 2.28. The topological polar surface area (TPSA) is 56.1 Å². The normalized spacial score (nSPS) is 21.5. The van der Waals surface area contributed by atoms with Crippen molar-refractivity contribution in [2.75, 3.05) is 0 Å². The third-order valence-electron chi connectivity index (χ3n) is 4.46. The zero-order valence-electron chi connectivity index (χ0n) is 13.7. The highest BCUT2D eigenvalue weighted by Gasteiger charge is 2.41. The van der Waals surface area contributed by atoms with E-state index in [4.69, 9.17) is 0 Å². The molecule has 0 fully saturated rings. The summed E-state index contributed by atoms with van der Waals surface area (Å²) in [4.78, 5) is 11.3. The lowest BCUT2D eigenvalue weighted by molar-refractivity contribution is 0.112. The van der Waals surface area contributed by atoms with Gasteiger partial charge in [-0.15, -0.1) is 0 Å². The quantitative estimate of drug-likeness (QED) is 0.711. The first-order valence-electron chi connectivity index (χ1n) is 7.56. The third-order valence-corrected chi connectivity index (χ3v) is 7.23. The molecule has 1 aliphatic rings. The maximum absolute atomic E-state index is 13.4. The van der Waals surface area contributed by atoms with Gasteiger partial charge in [0.2, 0.25) is 10.0 Å². The molecule has 1 aromatic heterocycles. The molecule has 0 radical (unpaired) electrons. The summed E-state index contributed by atoms with van der Waals surface area (Å²) in [5.74, 6) is 0. The van der Waals surface area contributed by atoms with E-state index >= 15 is 0 Å². The summed E-state index contributed by atoms with van der Waals surface area (Å²) in [7, 11) is -3.70. The molecule has 0 amide bonds. The van der Waals surface area contributed by atoms with E-state index in [9.17, 15) is 13.2 Å². The second kappa shape index (κ2) is 5.70. The minimum absolute atomic E-state index is 0.374. The highest BCUT2D eigenvalue weighted by atomic mass is 79.9. The van der Waals surface area contributed by atoms with Crippen LogP contribution in [0, 0.1) is 6.92 Å². The van der Waals surface area contributed by atoms with E-state index in [1.54, 1.807) is 37.4 Å². The first-order valence-corrected chi connectivity index (χ1v) is 9.79. The Labute approximate surface area is 150 Å². The SMILES string of the molecule is CC1=CC(C)(S(=O)(=O)n2ccc3c(C=O)ccc(C)c32)CC(Br)=C1. The molecular formula is C18H18BrNO3S. The third kappa shape index (κ3) is 2.48. The smallest absolute Gasteiger partial charge is 0.248 e. The average molecular weight is 408 g/mol. The van der Waals surface area contributed by atoms with Crippen molar-refractivity contribution in [1.29, 1.82) is 0 Å². The van der Waals surface area contributed by atoms with Gasteiger partial charge in [0, 0.05) is 23.6 Å². The summed E-state index contributed by atoms with van der Waals surface area (Å²) >= 11 is 3.45. The number of carbonyl (C=O) groups is 1. The molecule has 1 atom stereocenters. The van der Waals surface area contributed by atoms with Crippen LogP contribution in [-0.2, 0) is 10.0 Å². The lowest BCUT2D eigenvalue weighted by atomic mass is 9.98. The van der Waals surface area contributed by atoms with Gasteiger partial charge in [-0.2, -0.15) is 0 Å². The molecule has 0 saturated heterocycles. The molecule has 1 unspecified atom stereocenters. The Morgan fingerprint density at radius 3 is 2.58 bits per heavy atom. The van der Waals surface area contributed by atoms with Crippen molar-refractivity contribution in [3.05, 3.63) is 57.7 Å². The average Bonchev–Trinajstić information content (AvgIpc) is 2.92. The van der Waals surface area contributed by atoms with Crippen LogP contribution in [0.1, 0.15) is 36.2 Å². The number of halogens is 1. The van der Waals surface area contributed by atoms with Crippen LogP contribution in [0.2, 0.25) is 0 Å². The highest BCUT2D eigenvalue weighted by molar-refractivity contribution is 9.11. The number of benzene rings is 1. The summed E-state index contributed by atoms with van der Waals surface area (Å²) in [5, 5.41) is 0.656. The van der Waals surface area contributed by atoms with Crippen molar-refractivity contribution in [3.63, 3.8) is 0 Å². The number of carbonyl (C=O) groups excluding carboxylic acids is 1. The molecule has 6 heteroatoms. The number of aromatic nitrogens is 1. The van der Waals surface area contributed by atoms with Gasteiger partial charge in [0.25, 0.3) is 0 Å². The number of hydrogen-bond donors (Lipinski definition) is 0. The summed E-state index contributed by atoms with van der Waals surface area (Å²) in [6, 6.07) is 5.18. The van der Waals surface area contributed by atoms with Gasteiger partial charge in [-0.1, -0.05) is 39.7 Å². The fourth-order valence-electron chi connectivity index (χ4n) is 3.32. The maximum atomic E-state index is 13.4. The van der Waals surface area contributed by atoms with Gasteiger partial charge in [-0.3, -0.25) is 4.79 Å². The van der Waals surface area contributed by atoms with Gasteiger partial charge in [0.15, 0.2) is 6.29 Å². The van der Waals surface area contributed by atoms with Crippen molar-refractivity contribution in [3.8, 4) is 0 Å². The monoisotopic (exact) mass is 407 g/mol. The largest absolute Gasteiger partial charge is 0.298 e. The molecular weight excluding hydrogens is 390 g/mol. The zero-order chi connectivity index (χ0) is 17.7. The van der Waals surface area contributed by atoms with E-state index in [2.05, 4.69) is 15.9 Å². The number of nitrogens with zero attached hydrogens (tertiary/aromatic N) is 1. The van der Waals surface area contributed by atoms with Crippen LogP contribution in [0.3, 0.4) is 0 Å². The van der Waals surface area contributed by atoms with E-state index in [0.29, 0.717) is 22.9 Å². The van der Waals surface area contributed by atoms with Gasteiger partial charge in [0.05, 0.1) is 5.52 Å². The number of aldehydes is 1. The maximum Gasteiger partial charge on any atom is 0.248 e. The Kier molecular flexibility index (Phi) is 4.08. The Morgan fingerprint density at radius 2 is 1.96 bits per heavy atom. The van der Waals surface area contributed by atoms with Crippen molar-refractivity contribution in [2.45, 2.75) is 31.9 Å². The molecule has 4 nitrogen and oxygen atoms in total. The number of aryl methyl sites for hydroxylation is 1. The molecule has 1 heterocycles. The van der Waals surface area contributed by atoms with Gasteiger partial charge in [-0.05, 0) is 43.0 Å². The molecule has 0 N–H and O–H groups in total. The summed E-state index contributed by atoms with van der Waals surface area (Å²) < 4.78 is 27.9. The molecule has 1 aliphatic carbocycles. The fraction of sp³-hybridized carbons (Fsp3) is 0.278. The Morgan fingerprint density at radius 1 is 1.25 bits per heavy atom. The van der Waals surface area contributed by atoms with E-state index in [0.717, 1.165) is 21.9 Å². The number of allylic oxidation sites excluding steroid dienone is 3. The molecule has 0 saturated carbocycles. The highest BCUT2D eigenvalue weighted by Crippen LogP contribution is 2.38. The van der Waals surface area contributed by atoms with E-state index in [1.807, 2.05) is 19.9 Å². The molecule has 2 aromatic rings. The molecule has 24 heavy (non-hydrogen) atoms. The second-order valence-corrected chi connectivity index (χ2v) is 9.73. The van der Waals surface area contributed by atoms with Crippen molar-refractivity contribution < 1.29 is 13.2 Å². The summed E-state index contributed by atoms with van der Waals surface area (Å²) in [6.45, 7) is 5.46. The van der Waals surface area contributed by atoms with Crippen LogP contribution in [0.25, 0.3) is 10.9 Å². The summed E-state index contributed by atoms with van der Waals surface area (Å²) in [5.41, 5.74) is 2.78. The molecule has 0 aliphatic heterocycles. The van der Waals surface area contributed by atoms with Gasteiger partial charge < -0.3 is 0 Å². The van der Waals surface area contributed by atoms with Crippen molar-refractivity contribution in [2.24, 2.45) is 0 Å². The summed E-state index contributed by atoms with van der Waals surface area (Å²) in [6.07, 6.45) is 6.39. The Hall–Kier alpha value is -1.66. The lowest BCUT2D eigenvalue weighted by Gasteiger charge is -2.30. The lowest BCUT2D eigenvalue weighted by Crippen LogP contribution is -2.39. The zero-order valence-corrected chi connectivity index (χ0v) is 16.1. The van der Waals surface area contributed by atoms with Gasteiger partial charge in [-0.25, -0.2) is 12.4 Å². The molecule has 126 valence electrons. The molecule has 3 rings (SSSR count). The van der Waals surface area contributed by atoms with Crippen molar-refractivity contribution in [1.82, 2.24) is 3.97 Å². The van der Waals surface area contributed by atoms with Gasteiger partial charge >= 0.3 is 0 Å². The minimum Gasteiger partial charge on any atom is -0.298 e. The Bertz CT molecular complexity index is 1010.